The van der Waals surface area contributed by atoms with Crippen molar-refractivity contribution in [2.45, 2.75) is 45.3 Å². The second-order valence-corrected chi connectivity index (χ2v) is 9.82. The zero-order chi connectivity index (χ0) is 25.1. The largest absolute Gasteiger partial charge is 0.485 e. The molecule has 0 unspecified atom stereocenters. The van der Waals surface area contributed by atoms with E-state index in [9.17, 15) is 9.18 Å². The molecule has 1 aromatic heterocycles. The first-order valence-corrected chi connectivity index (χ1v) is 12.7. The Morgan fingerprint density at radius 1 is 1.03 bits per heavy atom. The number of hydrogen-bond acceptors (Lipinski definition) is 5. The molecule has 3 aromatic rings. The number of likely N-dealkylation sites (tertiary alicyclic amines) is 2. The van der Waals surface area contributed by atoms with Gasteiger partial charge in [0.1, 0.15) is 12.4 Å². The zero-order valence-corrected chi connectivity index (χ0v) is 20.8. The van der Waals surface area contributed by atoms with Crippen LogP contribution in [0, 0.1) is 12.7 Å². The first-order chi connectivity index (χ1) is 17.5. The molecule has 1 amide bonds. The van der Waals surface area contributed by atoms with Gasteiger partial charge in [-0.3, -0.25) is 4.79 Å². The predicted octanol–water partition coefficient (Wildman–Crippen LogP) is 5.06. The number of aromatic nitrogens is 1. The third kappa shape index (κ3) is 5.36. The summed E-state index contributed by atoms with van der Waals surface area (Å²) in [7, 11) is 0. The quantitative estimate of drug-likeness (QED) is 0.525. The molecule has 2 saturated heterocycles. The highest BCUT2D eigenvalue weighted by molar-refractivity contribution is 5.94. The van der Waals surface area contributed by atoms with Gasteiger partial charge in [0.05, 0.1) is 0 Å². The van der Waals surface area contributed by atoms with Gasteiger partial charge in [-0.1, -0.05) is 18.2 Å². The summed E-state index contributed by atoms with van der Waals surface area (Å²) in [5.41, 5.74) is 9.93. The topological polar surface area (TPSA) is 71.7 Å². The van der Waals surface area contributed by atoms with Crippen LogP contribution in [0.3, 0.4) is 0 Å². The van der Waals surface area contributed by atoms with Crippen LogP contribution in [-0.4, -0.2) is 52.9 Å². The lowest BCUT2D eigenvalue weighted by molar-refractivity contribution is 0.0644. The summed E-state index contributed by atoms with van der Waals surface area (Å²) >= 11 is 0. The van der Waals surface area contributed by atoms with E-state index in [-0.39, 0.29) is 18.3 Å². The second-order valence-electron chi connectivity index (χ2n) is 9.82. The molecule has 7 heteroatoms. The molecule has 0 aliphatic carbocycles. The van der Waals surface area contributed by atoms with Crippen LogP contribution in [-0.2, 0) is 6.61 Å². The van der Waals surface area contributed by atoms with E-state index in [2.05, 4.69) is 9.88 Å². The van der Waals surface area contributed by atoms with Crippen molar-refractivity contribution in [1.29, 1.82) is 0 Å². The summed E-state index contributed by atoms with van der Waals surface area (Å²) < 4.78 is 19.4. The molecule has 6 nitrogen and oxygen atoms in total. The predicted molar refractivity (Wildman–Crippen MR) is 139 cm³/mol. The lowest BCUT2D eigenvalue weighted by Gasteiger charge is -2.36. The Kier molecular flexibility index (Phi) is 7.18. The molecule has 36 heavy (non-hydrogen) atoms. The average molecular weight is 489 g/mol. The third-order valence-corrected chi connectivity index (χ3v) is 7.37. The van der Waals surface area contributed by atoms with Gasteiger partial charge in [0.25, 0.3) is 5.91 Å². The fraction of sp³-hybridized carbons (Fsp3) is 0.379. The van der Waals surface area contributed by atoms with E-state index in [4.69, 9.17) is 10.5 Å². The Hall–Kier alpha value is -3.45. The minimum absolute atomic E-state index is 0.0930. The highest BCUT2D eigenvalue weighted by Gasteiger charge is 2.28. The standard InChI is InChI=1S/C29H33FN4O2/c1-20-16-21(4-9-26(20)30)19-36-27-17-24(18-32-28(27)31)22-5-7-23(8-6-22)29(35)34-14-10-25(11-15-34)33-12-2-3-13-33/h4-9,16-18,25H,2-3,10-15,19H2,1H3,(H2,31,32). The van der Waals surface area contributed by atoms with Gasteiger partial charge in [-0.15, -0.1) is 0 Å². The number of carbonyl (C=O) groups is 1. The molecule has 2 aromatic carbocycles. The number of ether oxygens (including phenoxy) is 1. The van der Waals surface area contributed by atoms with Crippen molar-refractivity contribution in [2.24, 2.45) is 0 Å². The van der Waals surface area contributed by atoms with E-state index in [0.717, 1.165) is 42.6 Å². The van der Waals surface area contributed by atoms with Crippen LogP contribution < -0.4 is 10.5 Å². The van der Waals surface area contributed by atoms with Gasteiger partial charge < -0.3 is 20.3 Å². The molecule has 0 atom stereocenters. The van der Waals surface area contributed by atoms with Crippen molar-refractivity contribution >= 4 is 11.7 Å². The number of nitrogen functional groups attached to an aromatic ring is 1. The highest BCUT2D eigenvalue weighted by atomic mass is 19.1. The number of pyridine rings is 1. The van der Waals surface area contributed by atoms with E-state index in [1.54, 1.807) is 25.3 Å². The Morgan fingerprint density at radius 2 is 1.75 bits per heavy atom. The lowest BCUT2D eigenvalue weighted by Crippen LogP contribution is -2.45. The summed E-state index contributed by atoms with van der Waals surface area (Å²) in [6.45, 7) is 6.03. The van der Waals surface area contributed by atoms with Crippen molar-refractivity contribution in [2.75, 3.05) is 31.9 Å². The molecule has 188 valence electrons. The molecule has 2 aliphatic rings. The number of nitrogens with zero attached hydrogens (tertiary/aromatic N) is 3. The van der Waals surface area contributed by atoms with Crippen LogP contribution in [0.2, 0.25) is 0 Å². The molecule has 2 aliphatic heterocycles. The Labute approximate surface area is 211 Å². The maximum Gasteiger partial charge on any atom is 0.253 e. The van der Waals surface area contributed by atoms with Gasteiger partial charge >= 0.3 is 0 Å². The molecular weight excluding hydrogens is 455 g/mol. The minimum atomic E-state index is -0.240. The van der Waals surface area contributed by atoms with Gasteiger partial charge in [-0.05, 0) is 92.7 Å². The number of amides is 1. The number of aryl methyl sites for hydroxylation is 1. The smallest absolute Gasteiger partial charge is 0.253 e. The minimum Gasteiger partial charge on any atom is -0.485 e. The summed E-state index contributed by atoms with van der Waals surface area (Å²) in [4.78, 5) is 21.9. The van der Waals surface area contributed by atoms with Gasteiger partial charge in [-0.2, -0.15) is 0 Å². The van der Waals surface area contributed by atoms with Crippen LogP contribution in [0.1, 0.15) is 47.2 Å². The first-order valence-electron chi connectivity index (χ1n) is 12.7. The lowest BCUT2D eigenvalue weighted by atomic mass is 10.0. The molecule has 0 spiro atoms. The molecule has 3 heterocycles. The van der Waals surface area contributed by atoms with E-state index in [0.29, 0.717) is 28.7 Å². The number of benzene rings is 2. The van der Waals surface area contributed by atoms with Gasteiger partial charge in [0, 0.05) is 36.5 Å². The van der Waals surface area contributed by atoms with Crippen molar-refractivity contribution in [3.05, 3.63) is 77.2 Å². The fourth-order valence-corrected chi connectivity index (χ4v) is 5.21. The van der Waals surface area contributed by atoms with Crippen molar-refractivity contribution < 1.29 is 13.9 Å². The van der Waals surface area contributed by atoms with Gasteiger partial charge in [-0.25, -0.2) is 9.37 Å². The van der Waals surface area contributed by atoms with Crippen molar-refractivity contribution in [3.8, 4) is 16.9 Å². The molecule has 0 bridgehead atoms. The first kappa shape index (κ1) is 24.3. The third-order valence-electron chi connectivity index (χ3n) is 7.37. The van der Waals surface area contributed by atoms with Crippen LogP contribution in [0.4, 0.5) is 10.2 Å². The maximum absolute atomic E-state index is 13.5. The molecule has 2 fully saturated rings. The average Bonchev–Trinajstić information content (AvgIpc) is 3.45. The monoisotopic (exact) mass is 488 g/mol. The summed E-state index contributed by atoms with van der Waals surface area (Å²) in [6, 6.07) is 15.0. The van der Waals surface area contributed by atoms with Gasteiger partial charge in [0.2, 0.25) is 0 Å². The maximum atomic E-state index is 13.5. The number of carbonyl (C=O) groups excluding carboxylic acids is 1. The molecule has 2 N–H and O–H groups in total. The van der Waals surface area contributed by atoms with E-state index < -0.39 is 0 Å². The zero-order valence-electron chi connectivity index (χ0n) is 20.8. The Balaban J connectivity index is 1.22. The summed E-state index contributed by atoms with van der Waals surface area (Å²) in [6.07, 6.45) is 6.42. The summed E-state index contributed by atoms with van der Waals surface area (Å²) in [5.74, 6) is 0.614. The number of piperidine rings is 1. The van der Waals surface area contributed by atoms with Crippen LogP contribution >= 0.6 is 0 Å². The Bertz CT molecular complexity index is 1220. The molecule has 5 rings (SSSR count). The van der Waals surface area contributed by atoms with Crippen LogP contribution in [0.15, 0.2) is 54.7 Å². The molecule has 0 radical (unpaired) electrons. The van der Waals surface area contributed by atoms with E-state index in [1.807, 2.05) is 35.2 Å². The normalized spacial score (nSPS) is 16.9. The fourth-order valence-electron chi connectivity index (χ4n) is 5.21. The van der Waals surface area contributed by atoms with Crippen LogP contribution in [0.25, 0.3) is 11.1 Å². The SMILES string of the molecule is Cc1cc(COc2cc(-c3ccc(C(=O)N4CCC(N5CCCC5)CC4)cc3)cnc2N)ccc1F. The summed E-state index contributed by atoms with van der Waals surface area (Å²) in [5, 5.41) is 0. The Morgan fingerprint density at radius 3 is 2.44 bits per heavy atom. The van der Waals surface area contributed by atoms with Crippen molar-refractivity contribution in [1.82, 2.24) is 14.8 Å². The van der Waals surface area contributed by atoms with Crippen molar-refractivity contribution in [3.63, 3.8) is 0 Å². The van der Waals surface area contributed by atoms with E-state index in [1.165, 1.54) is 32.0 Å². The highest BCUT2D eigenvalue weighted by Crippen LogP contribution is 2.29. The number of hydrogen-bond donors (Lipinski definition) is 1. The molecule has 0 saturated carbocycles. The number of anilines is 1. The second kappa shape index (κ2) is 10.7. The number of halogens is 1. The number of nitrogens with two attached hydrogens (primary N) is 1. The molecular formula is C29H33FN4O2. The van der Waals surface area contributed by atoms with Gasteiger partial charge in [0.15, 0.2) is 11.6 Å². The van der Waals surface area contributed by atoms with Crippen LogP contribution in [0.5, 0.6) is 5.75 Å². The van der Waals surface area contributed by atoms with E-state index >= 15 is 0 Å². The number of rotatable bonds is 6.